The van der Waals surface area contributed by atoms with Gasteiger partial charge in [-0.2, -0.15) is 0 Å². The summed E-state index contributed by atoms with van der Waals surface area (Å²) in [6, 6.07) is 7.68. The fourth-order valence-corrected chi connectivity index (χ4v) is 3.25. The quantitative estimate of drug-likeness (QED) is 0.862. The number of aliphatic hydroxyl groups excluding tert-OH is 1. The standard InChI is InChI=1S/C9H9NO2S2/c11-5-6-14(12)9-10-7-3-1-2-4-8(7)13-9/h1-4,11H,5-6H2. The highest BCUT2D eigenvalue weighted by Crippen LogP contribution is 2.23. The Morgan fingerprint density at radius 3 is 2.93 bits per heavy atom. The van der Waals surface area contributed by atoms with E-state index in [9.17, 15) is 4.21 Å². The first-order valence-electron chi connectivity index (χ1n) is 4.16. The lowest BCUT2D eigenvalue weighted by Gasteiger charge is -1.91. The first-order valence-corrected chi connectivity index (χ1v) is 6.29. The van der Waals surface area contributed by atoms with E-state index in [0.717, 1.165) is 10.2 Å². The van der Waals surface area contributed by atoms with E-state index in [1.165, 1.54) is 11.3 Å². The van der Waals surface area contributed by atoms with Crippen molar-refractivity contribution >= 4 is 32.4 Å². The van der Waals surface area contributed by atoms with Crippen LogP contribution < -0.4 is 0 Å². The molecule has 2 rings (SSSR count). The highest BCUT2D eigenvalue weighted by atomic mass is 32.2. The van der Waals surface area contributed by atoms with Gasteiger partial charge in [0.1, 0.15) is 0 Å². The third kappa shape index (κ3) is 1.84. The summed E-state index contributed by atoms with van der Waals surface area (Å²) >= 11 is 1.42. The molecule has 1 aromatic heterocycles. The molecule has 0 bridgehead atoms. The second-order valence-electron chi connectivity index (χ2n) is 2.72. The third-order valence-electron chi connectivity index (χ3n) is 1.75. The molecule has 0 fully saturated rings. The molecule has 1 atom stereocenters. The molecule has 5 heteroatoms. The minimum Gasteiger partial charge on any atom is -0.395 e. The zero-order valence-electron chi connectivity index (χ0n) is 7.34. The summed E-state index contributed by atoms with van der Waals surface area (Å²) in [7, 11) is -1.16. The summed E-state index contributed by atoms with van der Waals surface area (Å²) < 4.78 is 13.1. The van der Waals surface area contributed by atoms with Gasteiger partial charge in [0.2, 0.25) is 0 Å². The lowest BCUT2D eigenvalue weighted by atomic mass is 10.3. The molecule has 0 amide bonds. The number of rotatable bonds is 3. The van der Waals surface area contributed by atoms with Gasteiger partial charge in [0, 0.05) is 0 Å². The maximum absolute atomic E-state index is 11.5. The number of fused-ring (bicyclic) bond motifs is 1. The van der Waals surface area contributed by atoms with E-state index in [2.05, 4.69) is 4.98 Å². The predicted molar refractivity (Wildman–Crippen MR) is 58.0 cm³/mol. The normalized spacial score (nSPS) is 13.2. The molecule has 1 heterocycles. The number of para-hydroxylation sites is 1. The van der Waals surface area contributed by atoms with Crippen LogP contribution in [0.1, 0.15) is 0 Å². The molecule has 0 aliphatic carbocycles. The molecule has 1 N–H and O–H groups in total. The molecule has 0 aliphatic heterocycles. The maximum Gasteiger partial charge on any atom is 0.181 e. The number of aromatic nitrogens is 1. The third-order valence-corrected chi connectivity index (χ3v) is 4.42. The van der Waals surface area contributed by atoms with Crippen molar-refractivity contribution in [2.75, 3.05) is 12.4 Å². The van der Waals surface area contributed by atoms with E-state index in [-0.39, 0.29) is 12.4 Å². The predicted octanol–water partition coefficient (Wildman–Crippen LogP) is 1.40. The van der Waals surface area contributed by atoms with E-state index in [1.54, 1.807) is 0 Å². The van der Waals surface area contributed by atoms with E-state index < -0.39 is 10.8 Å². The largest absolute Gasteiger partial charge is 0.395 e. The van der Waals surface area contributed by atoms with Crippen molar-refractivity contribution in [2.45, 2.75) is 4.34 Å². The molecule has 0 aliphatic rings. The van der Waals surface area contributed by atoms with Crippen LogP contribution in [0.2, 0.25) is 0 Å². The first-order chi connectivity index (χ1) is 6.81. The average molecular weight is 227 g/mol. The van der Waals surface area contributed by atoms with Crippen LogP contribution in [0.15, 0.2) is 28.6 Å². The zero-order valence-corrected chi connectivity index (χ0v) is 8.98. The topological polar surface area (TPSA) is 50.2 Å². The number of thiazole rings is 1. The van der Waals surface area contributed by atoms with E-state index in [4.69, 9.17) is 5.11 Å². The van der Waals surface area contributed by atoms with Crippen molar-refractivity contribution in [3.8, 4) is 0 Å². The maximum atomic E-state index is 11.5. The monoisotopic (exact) mass is 227 g/mol. The molecule has 14 heavy (non-hydrogen) atoms. The highest BCUT2D eigenvalue weighted by molar-refractivity contribution is 7.87. The highest BCUT2D eigenvalue weighted by Gasteiger charge is 2.09. The summed E-state index contributed by atoms with van der Waals surface area (Å²) in [4.78, 5) is 4.24. The number of aliphatic hydroxyl groups is 1. The van der Waals surface area contributed by atoms with Crippen LogP contribution >= 0.6 is 11.3 Å². The fraction of sp³-hybridized carbons (Fsp3) is 0.222. The van der Waals surface area contributed by atoms with Gasteiger partial charge in [-0.05, 0) is 12.1 Å². The van der Waals surface area contributed by atoms with Crippen molar-refractivity contribution in [1.82, 2.24) is 4.98 Å². The Morgan fingerprint density at radius 1 is 1.43 bits per heavy atom. The van der Waals surface area contributed by atoms with Gasteiger partial charge in [0.05, 0.1) is 33.4 Å². The molecule has 0 spiro atoms. The van der Waals surface area contributed by atoms with Gasteiger partial charge >= 0.3 is 0 Å². The second-order valence-corrected chi connectivity index (χ2v) is 5.50. The lowest BCUT2D eigenvalue weighted by molar-refractivity contribution is 0.321. The summed E-state index contributed by atoms with van der Waals surface area (Å²) in [5, 5.41) is 8.66. The first kappa shape index (κ1) is 9.76. The fourth-order valence-electron chi connectivity index (χ4n) is 1.12. The molecular formula is C9H9NO2S2. The Hall–Kier alpha value is -0.780. The van der Waals surface area contributed by atoms with Crippen LogP contribution in [0.4, 0.5) is 0 Å². The summed E-state index contributed by atoms with van der Waals surface area (Å²) in [6.45, 7) is -0.0669. The summed E-state index contributed by atoms with van der Waals surface area (Å²) in [5.41, 5.74) is 0.874. The number of nitrogens with zero attached hydrogens (tertiary/aromatic N) is 1. The van der Waals surface area contributed by atoms with Gasteiger partial charge in [0.15, 0.2) is 4.34 Å². The Bertz CT molecular complexity index is 434. The van der Waals surface area contributed by atoms with E-state index in [0.29, 0.717) is 4.34 Å². The van der Waals surface area contributed by atoms with Crippen LogP contribution in [0, 0.1) is 0 Å². The van der Waals surface area contributed by atoms with Crippen LogP contribution in [-0.2, 0) is 10.8 Å². The minimum absolute atomic E-state index is 0.0669. The van der Waals surface area contributed by atoms with Crippen molar-refractivity contribution in [3.63, 3.8) is 0 Å². The van der Waals surface area contributed by atoms with Crippen LogP contribution in [0.25, 0.3) is 10.2 Å². The Morgan fingerprint density at radius 2 is 2.21 bits per heavy atom. The summed E-state index contributed by atoms with van der Waals surface area (Å²) in [5.74, 6) is 0.264. The molecule has 0 saturated heterocycles. The van der Waals surface area contributed by atoms with Crippen LogP contribution in [-0.4, -0.2) is 26.7 Å². The molecule has 3 nitrogen and oxygen atoms in total. The van der Waals surface area contributed by atoms with E-state index in [1.807, 2.05) is 24.3 Å². The minimum atomic E-state index is -1.16. The molecule has 2 aromatic rings. The van der Waals surface area contributed by atoms with Gasteiger partial charge in [-0.1, -0.05) is 12.1 Å². The van der Waals surface area contributed by atoms with Gasteiger partial charge in [-0.25, -0.2) is 4.98 Å². The Kier molecular flexibility index (Phi) is 2.90. The van der Waals surface area contributed by atoms with Crippen LogP contribution in [0.5, 0.6) is 0 Å². The molecule has 1 aromatic carbocycles. The Balaban J connectivity index is 2.40. The van der Waals surface area contributed by atoms with Crippen molar-refractivity contribution in [3.05, 3.63) is 24.3 Å². The zero-order chi connectivity index (χ0) is 9.97. The molecule has 1 unspecified atom stereocenters. The van der Waals surface area contributed by atoms with Crippen molar-refractivity contribution in [2.24, 2.45) is 0 Å². The molecular weight excluding hydrogens is 218 g/mol. The molecule has 0 saturated carbocycles. The summed E-state index contributed by atoms with van der Waals surface area (Å²) in [6.07, 6.45) is 0. The van der Waals surface area contributed by atoms with Gasteiger partial charge in [0.25, 0.3) is 0 Å². The average Bonchev–Trinajstić information content (AvgIpc) is 2.61. The number of benzene rings is 1. The number of hydrogen-bond acceptors (Lipinski definition) is 4. The SMILES string of the molecule is O=S(CCO)c1nc2ccccc2s1. The van der Waals surface area contributed by atoms with Crippen LogP contribution in [0.3, 0.4) is 0 Å². The van der Waals surface area contributed by atoms with Gasteiger partial charge < -0.3 is 5.11 Å². The molecule has 74 valence electrons. The van der Waals surface area contributed by atoms with E-state index >= 15 is 0 Å². The Labute approximate surface area is 87.9 Å². The van der Waals surface area contributed by atoms with Crippen molar-refractivity contribution < 1.29 is 9.32 Å². The second kappa shape index (κ2) is 4.16. The smallest absolute Gasteiger partial charge is 0.181 e. The van der Waals surface area contributed by atoms with Gasteiger partial charge in [-0.3, -0.25) is 4.21 Å². The van der Waals surface area contributed by atoms with Crippen molar-refractivity contribution in [1.29, 1.82) is 0 Å². The molecule has 0 radical (unpaired) electrons. The number of hydrogen-bond donors (Lipinski definition) is 1. The van der Waals surface area contributed by atoms with Gasteiger partial charge in [-0.15, -0.1) is 11.3 Å². The lowest BCUT2D eigenvalue weighted by Crippen LogP contribution is -2.01.